The summed E-state index contributed by atoms with van der Waals surface area (Å²) in [5.41, 5.74) is 0.523. The van der Waals surface area contributed by atoms with E-state index in [1.165, 1.54) is 6.33 Å². The van der Waals surface area contributed by atoms with Crippen molar-refractivity contribution >= 4 is 33.1 Å². The standard InChI is InChI=1S/C15H23N5O3S/c1-9(2)6-11-15(21)19-12-13(18-11)16-8-17-14(12)20(3)10-4-5-24(22,23)7-10/h8-11H,4-7H2,1-3H3,(H,19,21)(H,16,17,18). The van der Waals surface area contributed by atoms with E-state index in [2.05, 4.69) is 34.4 Å². The first-order chi connectivity index (χ1) is 11.3. The zero-order valence-electron chi connectivity index (χ0n) is 14.1. The van der Waals surface area contributed by atoms with E-state index in [9.17, 15) is 13.2 Å². The van der Waals surface area contributed by atoms with E-state index in [1.54, 1.807) is 7.05 Å². The summed E-state index contributed by atoms with van der Waals surface area (Å²) in [6, 6.07) is -0.461. The van der Waals surface area contributed by atoms with E-state index < -0.39 is 9.84 Å². The number of sulfone groups is 1. The molecule has 1 aromatic heterocycles. The summed E-state index contributed by atoms with van der Waals surface area (Å²) in [6.45, 7) is 4.12. The second-order valence-electron chi connectivity index (χ2n) is 6.90. The van der Waals surface area contributed by atoms with Crippen LogP contribution in [0.3, 0.4) is 0 Å². The maximum Gasteiger partial charge on any atom is 0.247 e. The number of fused-ring (bicyclic) bond motifs is 1. The molecule has 3 rings (SSSR count). The number of carbonyl (C=O) groups excluding carboxylic acids is 1. The quantitative estimate of drug-likeness (QED) is 0.828. The van der Waals surface area contributed by atoms with Gasteiger partial charge in [-0.3, -0.25) is 4.79 Å². The van der Waals surface area contributed by atoms with Gasteiger partial charge >= 0.3 is 0 Å². The van der Waals surface area contributed by atoms with Gasteiger partial charge in [-0.2, -0.15) is 0 Å². The Labute approximate surface area is 142 Å². The number of hydrogen-bond acceptors (Lipinski definition) is 7. The molecule has 1 saturated heterocycles. The van der Waals surface area contributed by atoms with Gasteiger partial charge in [-0.15, -0.1) is 0 Å². The molecule has 2 aliphatic heterocycles. The summed E-state index contributed by atoms with van der Waals surface area (Å²) in [5, 5.41) is 6.06. The number of nitrogens with zero attached hydrogens (tertiary/aromatic N) is 3. The summed E-state index contributed by atoms with van der Waals surface area (Å²) < 4.78 is 23.4. The molecule has 1 fully saturated rings. The number of rotatable bonds is 4. The minimum Gasteiger partial charge on any atom is -0.356 e. The molecule has 2 unspecified atom stereocenters. The zero-order valence-corrected chi connectivity index (χ0v) is 14.9. The van der Waals surface area contributed by atoms with Crippen molar-refractivity contribution in [1.82, 2.24) is 9.97 Å². The van der Waals surface area contributed by atoms with Crippen molar-refractivity contribution in [3.63, 3.8) is 0 Å². The molecular formula is C15H23N5O3S. The lowest BCUT2D eigenvalue weighted by Gasteiger charge is -2.31. The van der Waals surface area contributed by atoms with Crippen molar-refractivity contribution < 1.29 is 13.2 Å². The molecule has 0 spiro atoms. The van der Waals surface area contributed by atoms with Crippen molar-refractivity contribution in [1.29, 1.82) is 0 Å². The number of carbonyl (C=O) groups is 1. The number of hydrogen-bond donors (Lipinski definition) is 2. The van der Waals surface area contributed by atoms with Crippen LogP contribution in [0.25, 0.3) is 0 Å². The third-order valence-corrected chi connectivity index (χ3v) is 6.25. The third-order valence-electron chi connectivity index (χ3n) is 4.50. The molecule has 2 aliphatic rings. The molecular weight excluding hydrogens is 330 g/mol. The molecule has 2 N–H and O–H groups in total. The van der Waals surface area contributed by atoms with Gasteiger partial charge < -0.3 is 15.5 Å². The lowest BCUT2D eigenvalue weighted by atomic mass is 10.0. The fraction of sp³-hybridized carbons (Fsp3) is 0.667. The first kappa shape index (κ1) is 16.9. The van der Waals surface area contributed by atoms with Crippen LogP contribution in [-0.2, 0) is 14.6 Å². The number of anilines is 3. The fourth-order valence-electron chi connectivity index (χ4n) is 3.20. The summed E-state index contributed by atoms with van der Waals surface area (Å²) in [5.74, 6) is 1.70. The normalized spacial score (nSPS) is 25.1. The summed E-state index contributed by atoms with van der Waals surface area (Å²) in [6.07, 6.45) is 2.71. The molecule has 1 aromatic rings. The smallest absolute Gasteiger partial charge is 0.247 e. The van der Waals surface area contributed by atoms with Gasteiger partial charge in [0.1, 0.15) is 18.1 Å². The Morgan fingerprint density at radius 2 is 2.12 bits per heavy atom. The van der Waals surface area contributed by atoms with Gasteiger partial charge in [-0.1, -0.05) is 13.8 Å². The average molecular weight is 353 g/mol. The van der Waals surface area contributed by atoms with Crippen molar-refractivity contribution in [3.05, 3.63) is 6.33 Å². The highest BCUT2D eigenvalue weighted by molar-refractivity contribution is 7.91. The highest BCUT2D eigenvalue weighted by Crippen LogP contribution is 2.35. The predicted molar refractivity (Wildman–Crippen MR) is 93.0 cm³/mol. The first-order valence-electron chi connectivity index (χ1n) is 8.12. The third kappa shape index (κ3) is 3.31. The Morgan fingerprint density at radius 1 is 1.38 bits per heavy atom. The van der Waals surface area contributed by atoms with Crippen LogP contribution in [0, 0.1) is 5.92 Å². The minimum atomic E-state index is -2.99. The minimum absolute atomic E-state index is 0.111. The van der Waals surface area contributed by atoms with Gasteiger partial charge in [0, 0.05) is 13.1 Å². The molecule has 24 heavy (non-hydrogen) atoms. The van der Waals surface area contributed by atoms with Crippen molar-refractivity contribution in [2.24, 2.45) is 5.92 Å². The van der Waals surface area contributed by atoms with E-state index in [1.807, 2.05) is 4.90 Å². The Bertz CT molecular complexity index is 749. The Kier molecular flexibility index (Phi) is 4.37. The monoisotopic (exact) mass is 353 g/mol. The van der Waals surface area contributed by atoms with Crippen LogP contribution in [-0.4, -0.2) is 54.9 Å². The predicted octanol–water partition coefficient (Wildman–Crippen LogP) is 0.879. The second kappa shape index (κ2) is 6.19. The molecule has 0 bridgehead atoms. The van der Waals surface area contributed by atoms with Gasteiger partial charge in [0.15, 0.2) is 21.5 Å². The largest absolute Gasteiger partial charge is 0.356 e. The van der Waals surface area contributed by atoms with Crippen LogP contribution >= 0.6 is 0 Å². The van der Waals surface area contributed by atoms with Crippen LogP contribution in [0.1, 0.15) is 26.7 Å². The van der Waals surface area contributed by atoms with Gasteiger partial charge in [0.05, 0.1) is 11.5 Å². The second-order valence-corrected chi connectivity index (χ2v) is 9.13. The van der Waals surface area contributed by atoms with Crippen LogP contribution in [0.4, 0.5) is 17.3 Å². The average Bonchev–Trinajstić information content (AvgIpc) is 2.86. The Hall–Kier alpha value is -1.90. The number of nitrogens with one attached hydrogen (secondary N) is 2. The molecule has 3 heterocycles. The van der Waals surface area contributed by atoms with Gasteiger partial charge in [-0.25, -0.2) is 18.4 Å². The molecule has 0 saturated carbocycles. The van der Waals surface area contributed by atoms with Crippen molar-refractivity contribution in [3.8, 4) is 0 Å². The van der Waals surface area contributed by atoms with Gasteiger partial charge in [0.25, 0.3) is 0 Å². The molecule has 8 nitrogen and oxygen atoms in total. The van der Waals surface area contributed by atoms with Crippen LogP contribution in [0.2, 0.25) is 0 Å². The fourth-order valence-corrected chi connectivity index (χ4v) is 4.97. The summed E-state index contributed by atoms with van der Waals surface area (Å²) in [4.78, 5) is 22.7. The maximum absolute atomic E-state index is 12.3. The molecule has 9 heteroatoms. The van der Waals surface area contributed by atoms with Crippen molar-refractivity contribution in [2.75, 3.05) is 34.1 Å². The Balaban J connectivity index is 1.86. The van der Waals surface area contributed by atoms with Crippen LogP contribution < -0.4 is 15.5 Å². The molecule has 0 aromatic carbocycles. The lowest BCUT2D eigenvalue weighted by Crippen LogP contribution is -2.42. The van der Waals surface area contributed by atoms with E-state index in [4.69, 9.17) is 0 Å². The van der Waals surface area contributed by atoms with E-state index in [0.717, 1.165) is 0 Å². The Morgan fingerprint density at radius 3 is 2.75 bits per heavy atom. The topological polar surface area (TPSA) is 104 Å². The number of aromatic nitrogens is 2. The summed E-state index contributed by atoms with van der Waals surface area (Å²) in [7, 11) is -1.18. The first-order valence-corrected chi connectivity index (χ1v) is 9.94. The van der Waals surface area contributed by atoms with Crippen molar-refractivity contribution in [2.45, 2.75) is 38.8 Å². The van der Waals surface area contributed by atoms with E-state index in [-0.39, 0.29) is 29.5 Å². The SMILES string of the molecule is CC(C)CC1Nc2ncnc(N(C)C3CCS(=O)(=O)C3)c2NC1=O. The van der Waals surface area contributed by atoms with Crippen LogP contribution in [0.5, 0.6) is 0 Å². The van der Waals surface area contributed by atoms with Crippen LogP contribution in [0.15, 0.2) is 6.33 Å². The van der Waals surface area contributed by atoms with Gasteiger partial charge in [0.2, 0.25) is 5.91 Å². The lowest BCUT2D eigenvalue weighted by molar-refractivity contribution is -0.117. The molecule has 2 atom stereocenters. The summed E-state index contributed by atoms with van der Waals surface area (Å²) >= 11 is 0. The molecule has 0 radical (unpaired) electrons. The van der Waals surface area contributed by atoms with E-state index in [0.29, 0.717) is 36.1 Å². The molecule has 132 valence electrons. The molecule has 0 aliphatic carbocycles. The van der Waals surface area contributed by atoms with E-state index >= 15 is 0 Å². The zero-order chi connectivity index (χ0) is 17.5. The highest BCUT2D eigenvalue weighted by atomic mass is 32.2. The van der Waals surface area contributed by atoms with Gasteiger partial charge in [-0.05, 0) is 18.8 Å². The molecule has 1 amide bonds. The highest BCUT2D eigenvalue weighted by Gasteiger charge is 2.35. The maximum atomic E-state index is 12.3. The number of amides is 1.